The predicted molar refractivity (Wildman–Crippen MR) is 62.0 cm³/mol. The van der Waals surface area contributed by atoms with Crippen LogP contribution in [0.4, 0.5) is 0 Å². The van der Waals surface area contributed by atoms with Crippen molar-refractivity contribution in [2.24, 2.45) is 5.92 Å². The van der Waals surface area contributed by atoms with Crippen LogP contribution in [0.3, 0.4) is 0 Å². The number of allylic oxidation sites excluding steroid dienone is 2. The summed E-state index contributed by atoms with van der Waals surface area (Å²) in [6, 6.07) is 0. The van der Waals surface area contributed by atoms with Gasteiger partial charge in [-0.15, -0.1) is 0 Å². The summed E-state index contributed by atoms with van der Waals surface area (Å²) in [4.78, 5) is 0. The Labute approximate surface area is 84.4 Å². The number of hydrogen-bond donors (Lipinski definition) is 0. The average Bonchev–Trinajstić information content (AvgIpc) is 2.16. The Kier molecular flexibility index (Phi) is 8.18. The van der Waals surface area contributed by atoms with E-state index >= 15 is 0 Å². The molecule has 0 rings (SSSR count). The molecule has 0 aromatic rings. The van der Waals surface area contributed by atoms with Gasteiger partial charge in [-0.25, -0.2) is 0 Å². The summed E-state index contributed by atoms with van der Waals surface area (Å²) in [5, 5.41) is 0. The van der Waals surface area contributed by atoms with E-state index in [0.29, 0.717) is 0 Å². The largest absolute Gasteiger partial charge is 0.0882 e. The van der Waals surface area contributed by atoms with Gasteiger partial charge in [0.1, 0.15) is 0 Å². The summed E-state index contributed by atoms with van der Waals surface area (Å²) in [7, 11) is 0. The molecule has 0 heterocycles. The van der Waals surface area contributed by atoms with Crippen LogP contribution in [0.25, 0.3) is 0 Å². The van der Waals surface area contributed by atoms with E-state index in [0.717, 1.165) is 5.92 Å². The SMILES string of the molecule is C/C=C(\CCCC)C(C)CCCC. The van der Waals surface area contributed by atoms with E-state index in [2.05, 4.69) is 33.8 Å². The first-order valence-corrected chi connectivity index (χ1v) is 5.91. The van der Waals surface area contributed by atoms with Crippen LogP contribution >= 0.6 is 0 Å². The molecule has 0 bridgehead atoms. The van der Waals surface area contributed by atoms with Crippen LogP contribution in [0, 0.1) is 5.92 Å². The Hall–Kier alpha value is -0.260. The first-order chi connectivity index (χ1) is 6.26. The van der Waals surface area contributed by atoms with E-state index < -0.39 is 0 Å². The molecule has 0 aromatic heterocycles. The van der Waals surface area contributed by atoms with E-state index in [4.69, 9.17) is 0 Å². The molecule has 78 valence electrons. The monoisotopic (exact) mass is 182 g/mol. The summed E-state index contributed by atoms with van der Waals surface area (Å²) in [6.07, 6.45) is 10.4. The second kappa shape index (κ2) is 8.34. The standard InChI is InChI=1S/C13H26/c1-5-8-10-12(4)13(7-3)11-9-6-2/h7,12H,5-6,8-11H2,1-4H3/b13-7+. The van der Waals surface area contributed by atoms with Crippen molar-refractivity contribution in [3.05, 3.63) is 11.6 Å². The van der Waals surface area contributed by atoms with Crippen LogP contribution in [0.2, 0.25) is 0 Å². The number of unbranched alkanes of at least 4 members (excludes halogenated alkanes) is 2. The van der Waals surface area contributed by atoms with Crippen LogP contribution in [0.1, 0.15) is 66.2 Å². The lowest BCUT2D eigenvalue weighted by atomic mass is 9.91. The van der Waals surface area contributed by atoms with Gasteiger partial charge in [0.25, 0.3) is 0 Å². The van der Waals surface area contributed by atoms with Crippen LogP contribution in [0.5, 0.6) is 0 Å². The van der Waals surface area contributed by atoms with Gasteiger partial charge in [-0.3, -0.25) is 0 Å². The zero-order chi connectivity index (χ0) is 10.1. The third kappa shape index (κ3) is 5.90. The molecule has 0 radical (unpaired) electrons. The van der Waals surface area contributed by atoms with Crippen molar-refractivity contribution in [1.82, 2.24) is 0 Å². The topological polar surface area (TPSA) is 0 Å². The molecule has 1 atom stereocenters. The fourth-order valence-corrected chi connectivity index (χ4v) is 1.75. The predicted octanol–water partition coefficient (Wildman–Crippen LogP) is 4.95. The molecule has 0 aliphatic rings. The Balaban J connectivity index is 3.79. The molecule has 0 N–H and O–H groups in total. The quantitative estimate of drug-likeness (QED) is 0.489. The lowest BCUT2D eigenvalue weighted by Gasteiger charge is -2.15. The Morgan fingerprint density at radius 1 is 1.15 bits per heavy atom. The summed E-state index contributed by atoms with van der Waals surface area (Å²) < 4.78 is 0. The molecule has 1 unspecified atom stereocenters. The molecule has 0 amide bonds. The first kappa shape index (κ1) is 12.7. The van der Waals surface area contributed by atoms with E-state index in [9.17, 15) is 0 Å². The highest BCUT2D eigenvalue weighted by atomic mass is 14.1. The maximum absolute atomic E-state index is 2.38. The zero-order valence-electron chi connectivity index (χ0n) is 9.90. The molecule has 0 aliphatic carbocycles. The Morgan fingerprint density at radius 3 is 2.23 bits per heavy atom. The molecule has 0 saturated carbocycles. The molecule has 0 nitrogen and oxygen atoms in total. The van der Waals surface area contributed by atoms with Gasteiger partial charge in [0.05, 0.1) is 0 Å². The molecule has 0 aromatic carbocycles. The second-order valence-electron chi connectivity index (χ2n) is 4.01. The van der Waals surface area contributed by atoms with Crippen molar-refractivity contribution >= 4 is 0 Å². The normalized spacial score (nSPS) is 14.6. The summed E-state index contributed by atoms with van der Waals surface area (Å²) >= 11 is 0. The molecule has 0 aliphatic heterocycles. The number of rotatable bonds is 7. The molecule has 0 saturated heterocycles. The van der Waals surface area contributed by atoms with Crippen LogP contribution in [0.15, 0.2) is 11.6 Å². The maximum Gasteiger partial charge on any atom is -0.0232 e. The third-order valence-electron chi connectivity index (χ3n) is 2.81. The van der Waals surface area contributed by atoms with Crippen LogP contribution in [-0.2, 0) is 0 Å². The molecule has 0 spiro atoms. The second-order valence-corrected chi connectivity index (χ2v) is 4.01. The van der Waals surface area contributed by atoms with Gasteiger partial charge in [0.15, 0.2) is 0 Å². The minimum absolute atomic E-state index is 0.816. The van der Waals surface area contributed by atoms with Gasteiger partial charge >= 0.3 is 0 Å². The first-order valence-electron chi connectivity index (χ1n) is 5.91. The summed E-state index contributed by atoms with van der Waals surface area (Å²) in [5.41, 5.74) is 1.68. The van der Waals surface area contributed by atoms with Crippen molar-refractivity contribution in [2.45, 2.75) is 66.2 Å². The van der Waals surface area contributed by atoms with Gasteiger partial charge in [-0.1, -0.05) is 51.7 Å². The molecule has 13 heavy (non-hydrogen) atoms. The highest BCUT2D eigenvalue weighted by Gasteiger charge is 2.06. The minimum Gasteiger partial charge on any atom is -0.0882 e. The van der Waals surface area contributed by atoms with E-state index in [1.807, 2.05) is 0 Å². The molecular weight excluding hydrogens is 156 g/mol. The van der Waals surface area contributed by atoms with Gasteiger partial charge < -0.3 is 0 Å². The smallest absolute Gasteiger partial charge is 0.0232 e. The fraction of sp³-hybridized carbons (Fsp3) is 0.846. The average molecular weight is 182 g/mol. The van der Waals surface area contributed by atoms with Crippen molar-refractivity contribution in [3.63, 3.8) is 0 Å². The lowest BCUT2D eigenvalue weighted by Crippen LogP contribution is -1.99. The van der Waals surface area contributed by atoms with Crippen molar-refractivity contribution in [1.29, 1.82) is 0 Å². The fourth-order valence-electron chi connectivity index (χ4n) is 1.75. The highest BCUT2D eigenvalue weighted by molar-refractivity contribution is 5.04. The summed E-state index contributed by atoms with van der Waals surface area (Å²) in [5.74, 6) is 0.816. The van der Waals surface area contributed by atoms with Crippen molar-refractivity contribution in [3.8, 4) is 0 Å². The van der Waals surface area contributed by atoms with Gasteiger partial charge in [-0.05, 0) is 32.1 Å². The summed E-state index contributed by atoms with van der Waals surface area (Å²) in [6.45, 7) is 9.10. The highest BCUT2D eigenvalue weighted by Crippen LogP contribution is 2.22. The maximum atomic E-state index is 2.38. The van der Waals surface area contributed by atoms with Crippen LogP contribution < -0.4 is 0 Å². The van der Waals surface area contributed by atoms with Crippen LogP contribution in [-0.4, -0.2) is 0 Å². The van der Waals surface area contributed by atoms with Crippen molar-refractivity contribution in [2.75, 3.05) is 0 Å². The molecule has 0 heteroatoms. The molecule has 0 fully saturated rings. The van der Waals surface area contributed by atoms with Gasteiger partial charge in [0.2, 0.25) is 0 Å². The molecular formula is C13H26. The lowest BCUT2D eigenvalue weighted by molar-refractivity contribution is 0.545. The van der Waals surface area contributed by atoms with Gasteiger partial charge in [0, 0.05) is 0 Å². The Morgan fingerprint density at radius 2 is 1.77 bits per heavy atom. The van der Waals surface area contributed by atoms with E-state index in [-0.39, 0.29) is 0 Å². The van der Waals surface area contributed by atoms with Gasteiger partial charge in [-0.2, -0.15) is 0 Å². The van der Waals surface area contributed by atoms with E-state index in [1.165, 1.54) is 38.5 Å². The zero-order valence-corrected chi connectivity index (χ0v) is 9.90. The van der Waals surface area contributed by atoms with Crippen molar-refractivity contribution < 1.29 is 0 Å². The van der Waals surface area contributed by atoms with E-state index in [1.54, 1.807) is 5.57 Å². The third-order valence-corrected chi connectivity index (χ3v) is 2.81. The minimum atomic E-state index is 0.816. The Bertz CT molecular complexity index is 133. The number of hydrogen-bond acceptors (Lipinski definition) is 0.